The van der Waals surface area contributed by atoms with Crippen molar-refractivity contribution in [3.8, 4) is 22.1 Å². The lowest BCUT2D eigenvalue weighted by Crippen LogP contribution is -2.20. The molecule has 1 aromatic carbocycles. The molecule has 2 N–H and O–H groups in total. The molecule has 3 heterocycles. The van der Waals surface area contributed by atoms with Crippen LogP contribution in [0.15, 0.2) is 24.5 Å². The van der Waals surface area contributed by atoms with Gasteiger partial charge in [-0.05, 0) is 18.2 Å². The van der Waals surface area contributed by atoms with Crippen molar-refractivity contribution in [1.82, 2.24) is 19.7 Å². The van der Waals surface area contributed by atoms with E-state index in [2.05, 4.69) is 10.1 Å². The first kappa shape index (κ1) is 19.1. The molecule has 1 amide bonds. The van der Waals surface area contributed by atoms with Crippen LogP contribution in [0.1, 0.15) is 40.8 Å². The number of aromatic nitrogens is 4. The van der Waals surface area contributed by atoms with Crippen molar-refractivity contribution < 1.29 is 19.1 Å². The molecule has 0 atom stereocenters. The summed E-state index contributed by atoms with van der Waals surface area (Å²) in [6.45, 7) is 4.13. The standard InChI is InChI=1S/C19H19N5O4S/c1-10(2)17-21-9-22-24(17)19-23-16-12-7-11(18(26)28-8-15(20)25)3-4-13(12)27-6-5-14(16)29-19/h3-4,7,9-10H,5-6,8H2,1-2H3,(H2,20,25). The molecule has 0 saturated carbocycles. The van der Waals surface area contributed by atoms with Crippen molar-refractivity contribution in [2.24, 2.45) is 5.73 Å². The molecule has 0 bridgehead atoms. The summed E-state index contributed by atoms with van der Waals surface area (Å²) in [7, 11) is 0. The van der Waals surface area contributed by atoms with Crippen molar-refractivity contribution >= 4 is 23.2 Å². The maximum atomic E-state index is 12.2. The van der Waals surface area contributed by atoms with E-state index in [0.717, 1.165) is 16.4 Å². The van der Waals surface area contributed by atoms with Gasteiger partial charge in [-0.25, -0.2) is 14.8 Å². The summed E-state index contributed by atoms with van der Waals surface area (Å²) in [4.78, 5) is 33.3. The molecule has 0 saturated heterocycles. The van der Waals surface area contributed by atoms with Gasteiger partial charge in [0, 0.05) is 22.8 Å². The Morgan fingerprint density at radius 3 is 2.97 bits per heavy atom. The second kappa shape index (κ2) is 7.63. The van der Waals surface area contributed by atoms with Gasteiger partial charge in [-0.1, -0.05) is 25.2 Å². The number of thiazole rings is 1. The highest BCUT2D eigenvalue weighted by Crippen LogP contribution is 2.39. The van der Waals surface area contributed by atoms with E-state index in [1.54, 1.807) is 22.9 Å². The number of nitrogens with zero attached hydrogens (tertiary/aromatic N) is 4. The van der Waals surface area contributed by atoms with E-state index >= 15 is 0 Å². The molecule has 2 aromatic heterocycles. The van der Waals surface area contributed by atoms with E-state index in [1.165, 1.54) is 17.7 Å². The quantitative estimate of drug-likeness (QED) is 0.636. The number of nitrogens with two attached hydrogens (primary N) is 1. The number of ether oxygens (including phenoxy) is 2. The van der Waals surface area contributed by atoms with Gasteiger partial charge in [0.2, 0.25) is 5.13 Å². The Bertz CT molecular complexity index is 1090. The average molecular weight is 413 g/mol. The lowest BCUT2D eigenvalue weighted by molar-refractivity contribution is -0.121. The molecule has 1 aliphatic rings. The number of hydrogen-bond acceptors (Lipinski definition) is 8. The maximum Gasteiger partial charge on any atom is 0.338 e. The monoisotopic (exact) mass is 413 g/mol. The largest absolute Gasteiger partial charge is 0.493 e. The van der Waals surface area contributed by atoms with Gasteiger partial charge in [0.05, 0.1) is 17.9 Å². The van der Waals surface area contributed by atoms with Gasteiger partial charge in [0.1, 0.15) is 17.9 Å². The van der Waals surface area contributed by atoms with E-state index in [-0.39, 0.29) is 5.92 Å². The van der Waals surface area contributed by atoms with Crippen LogP contribution in [-0.4, -0.2) is 44.8 Å². The molecular weight excluding hydrogens is 394 g/mol. The van der Waals surface area contributed by atoms with E-state index in [0.29, 0.717) is 35.0 Å². The Morgan fingerprint density at radius 1 is 1.38 bits per heavy atom. The first-order chi connectivity index (χ1) is 13.9. The van der Waals surface area contributed by atoms with Crippen LogP contribution in [0.3, 0.4) is 0 Å². The Kier molecular flexibility index (Phi) is 5.01. The minimum Gasteiger partial charge on any atom is -0.493 e. The zero-order valence-electron chi connectivity index (χ0n) is 15.9. The molecule has 9 nitrogen and oxygen atoms in total. The first-order valence-electron chi connectivity index (χ1n) is 9.06. The van der Waals surface area contributed by atoms with Gasteiger partial charge < -0.3 is 15.2 Å². The molecule has 0 unspecified atom stereocenters. The number of primary amides is 1. The lowest BCUT2D eigenvalue weighted by atomic mass is 10.1. The SMILES string of the molecule is CC(C)c1ncnn1-c1nc2c(s1)CCOc1ccc(C(=O)OCC(N)=O)cc1-2. The number of benzene rings is 1. The van der Waals surface area contributed by atoms with Gasteiger partial charge >= 0.3 is 5.97 Å². The summed E-state index contributed by atoms with van der Waals surface area (Å²) in [5, 5.41) is 5.04. The molecule has 0 fully saturated rings. The highest BCUT2D eigenvalue weighted by atomic mass is 32.1. The molecule has 0 aliphatic carbocycles. The molecule has 10 heteroatoms. The predicted molar refractivity (Wildman–Crippen MR) is 105 cm³/mol. The lowest BCUT2D eigenvalue weighted by Gasteiger charge is -2.09. The highest BCUT2D eigenvalue weighted by molar-refractivity contribution is 7.14. The first-order valence-corrected chi connectivity index (χ1v) is 9.88. The van der Waals surface area contributed by atoms with Crippen LogP contribution in [0, 0.1) is 0 Å². The number of esters is 1. The zero-order valence-corrected chi connectivity index (χ0v) is 16.7. The number of fused-ring (bicyclic) bond motifs is 3. The minimum atomic E-state index is -0.711. The van der Waals surface area contributed by atoms with Crippen molar-refractivity contribution in [2.75, 3.05) is 13.2 Å². The average Bonchev–Trinajstić information content (AvgIpc) is 3.30. The van der Waals surface area contributed by atoms with Crippen molar-refractivity contribution in [3.05, 3.63) is 40.8 Å². The van der Waals surface area contributed by atoms with E-state index in [4.69, 9.17) is 20.2 Å². The van der Waals surface area contributed by atoms with E-state index in [1.807, 2.05) is 13.8 Å². The van der Waals surface area contributed by atoms with Crippen LogP contribution in [0.4, 0.5) is 0 Å². The van der Waals surface area contributed by atoms with Crippen molar-refractivity contribution in [3.63, 3.8) is 0 Å². The van der Waals surface area contributed by atoms with Crippen LogP contribution in [0.2, 0.25) is 0 Å². The summed E-state index contributed by atoms with van der Waals surface area (Å²) < 4.78 is 12.5. The van der Waals surface area contributed by atoms with Crippen LogP contribution in [0.5, 0.6) is 5.75 Å². The topological polar surface area (TPSA) is 122 Å². The Balaban J connectivity index is 1.74. The molecule has 29 heavy (non-hydrogen) atoms. The third-order valence-electron chi connectivity index (χ3n) is 4.36. The zero-order chi connectivity index (χ0) is 20.5. The smallest absolute Gasteiger partial charge is 0.338 e. The molecule has 4 rings (SSSR count). The number of carbonyl (C=O) groups excluding carboxylic acids is 2. The fourth-order valence-corrected chi connectivity index (χ4v) is 4.06. The molecule has 0 radical (unpaired) electrons. The number of amides is 1. The fourth-order valence-electron chi connectivity index (χ4n) is 3.04. The normalized spacial score (nSPS) is 12.7. The summed E-state index contributed by atoms with van der Waals surface area (Å²) >= 11 is 1.52. The highest BCUT2D eigenvalue weighted by Gasteiger charge is 2.24. The van der Waals surface area contributed by atoms with Crippen molar-refractivity contribution in [2.45, 2.75) is 26.2 Å². The third kappa shape index (κ3) is 3.70. The summed E-state index contributed by atoms with van der Waals surface area (Å²) in [5.74, 6) is 0.315. The van der Waals surface area contributed by atoms with Crippen LogP contribution in [0.25, 0.3) is 16.4 Å². The Labute approximate surface area is 170 Å². The van der Waals surface area contributed by atoms with Gasteiger partial charge in [-0.2, -0.15) is 9.78 Å². The summed E-state index contributed by atoms with van der Waals surface area (Å²) in [6, 6.07) is 4.96. The van der Waals surface area contributed by atoms with Gasteiger partial charge in [-0.15, -0.1) is 0 Å². The van der Waals surface area contributed by atoms with E-state index in [9.17, 15) is 9.59 Å². The number of hydrogen-bond donors (Lipinski definition) is 1. The van der Waals surface area contributed by atoms with Gasteiger partial charge in [0.25, 0.3) is 5.91 Å². The second-order valence-electron chi connectivity index (χ2n) is 6.80. The summed E-state index contributed by atoms with van der Waals surface area (Å²) in [5.41, 5.74) is 6.77. The maximum absolute atomic E-state index is 12.2. The van der Waals surface area contributed by atoms with Crippen LogP contribution >= 0.6 is 11.3 Å². The number of rotatable bonds is 5. The number of carbonyl (C=O) groups is 2. The Hall–Kier alpha value is -3.27. The molecule has 150 valence electrons. The molecular formula is C19H19N5O4S. The Morgan fingerprint density at radius 2 is 2.21 bits per heavy atom. The fraction of sp³-hybridized carbons (Fsp3) is 0.316. The minimum absolute atomic E-state index is 0.198. The van der Waals surface area contributed by atoms with Crippen molar-refractivity contribution in [1.29, 1.82) is 0 Å². The molecule has 0 spiro atoms. The van der Waals surface area contributed by atoms with Gasteiger partial charge in [0.15, 0.2) is 6.61 Å². The molecule has 1 aliphatic heterocycles. The second-order valence-corrected chi connectivity index (χ2v) is 7.87. The van der Waals surface area contributed by atoms with E-state index < -0.39 is 18.5 Å². The molecule has 3 aromatic rings. The van der Waals surface area contributed by atoms with Crippen LogP contribution in [-0.2, 0) is 16.0 Å². The predicted octanol–water partition coefficient (Wildman–Crippen LogP) is 2.09. The van der Waals surface area contributed by atoms with Crippen LogP contribution < -0.4 is 10.5 Å². The van der Waals surface area contributed by atoms with Gasteiger partial charge in [-0.3, -0.25) is 4.79 Å². The third-order valence-corrected chi connectivity index (χ3v) is 5.45. The summed E-state index contributed by atoms with van der Waals surface area (Å²) in [6.07, 6.45) is 2.21.